The number of pyridine rings is 1. The smallest absolute Gasteiger partial charge is 0.131 e. The largest absolute Gasteiger partial charge is 0.395 e. The summed E-state index contributed by atoms with van der Waals surface area (Å²) in [5, 5.41) is 9.39. The van der Waals surface area contributed by atoms with Gasteiger partial charge in [0.1, 0.15) is 5.15 Å². The zero-order valence-corrected chi connectivity index (χ0v) is 9.44. The fourth-order valence-electron chi connectivity index (χ4n) is 1.28. The highest BCUT2D eigenvalue weighted by Gasteiger charge is 2.05. The Hall–Kier alpha value is -0.840. The van der Waals surface area contributed by atoms with Gasteiger partial charge in [0, 0.05) is 32.1 Å². The molecule has 4 nitrogen and oxygen atoms in total. The van der Waals surface area contributed by atoms with Crippen molar-refractivity contribution in [1.82, 2.24) is 4.98 Å². The van der Waals surface area contributed by atoms with Crippen LogP contribution in [0.2, 0.25) is 5.15 Å². The molecule has 0 unspecified atom stereocenters. The van der Waals surface area contributed by atoms with Gasteiger partial charge in [-0.1, -0.05) is 11.6 Å². The van der Waals surface area contributed by atoms with Crippen molar-refractivity contribution in [3.8, 4) is 0 Å². The number of aliphatic hydroxyl groups excluding tert-OH is 1. The summed E-state index contributed by atoms with van der Waals surface area (Å²) in [5.74, 6) is 0. The molecule has 1 rings (SSSR count). The van der Waals surface area contributed by atoms with Crippen LogP contribution in [-0.2, 0) is 4.74 Å². The average molecular weight is 231 g/mol. The molecule has 1 aromatic heterocycles. The quantitative estimate of drug-likeness (QED) is 0.746. The van der Waals surface area contributed by atoms with Gasteiger partial charge in [0.15, 0.2) is 0 Å². The van der Waals surface area contributed by atoms with Gasteiger partial charge in [-0.3, -0.25) is 0 Å². The number of hydrogen-bond acceptors (Lipinski definition) is 4. The molecular formula is C10H15ClN2O2. The second-order valence-corrected chi connectivity index (χ2v) is 3.43. The first kappa shape index (κ1) is 12.2. The fourth-order valence-corrected chi connectivity index (χ4v) is 1.45. The molecule has 1 heterocycles. The number of aliphatic hydroxyl groups is 1. The first-order chi connectivity index (χ1) is 7.27. The second-order valence-electron chi connectivity index (χ2n) is 3.04. The van der Waals surface area contributed by atoms with Crippen LogP contribution < -0.4 is 4.90 Å². The molecule has 0 radical (unpaired) electrons. The maximum absolute atomic E-state index is 8.94. The van der Waals surface area contributed by atoms with Crippen LogP contribution in [0, 0.1) is 0 Å². The van der Waals surface area contributed by atoms with E-state index in [4.69, 9.17) is 21.4 Å². The van der Waals surface area contributed by atoms with Gasteiger partial charge in [-0.15, -0.1) is 0 Å². The number of halogens is 1. The van der Waals surface area contributed by atoms with Crippen LogP contribution in [0.3, 0.4) is 0 Å². The number of nitrogens with zero attached hydrogens (tertiary/aromatic N) is 2. The molecule has 5 heteroatoms. The van der Waals surface area contributed by atoms with Gasteiger partial charge >= 0.3 is 0 Å². The van der Waals surface area contributed by atoms with Crippen molar-refractivity contribution in [2.45, 2.75) is 0 Å². The van der Waals surface area contributed by atoms with Crippen LogP contribution in [-0.4, -0.2) is 43.5 Å². The fraction of sp³-hybridized carbons (Fsp3) is 0.500. The second kappa shape index (κ2) is 6.61. The molecule has 1 aromatic rings. The summed E-state index contributed by atoms with van der Waals surface area (Å²) >= 11 is 5.79. The molecule has 1 N–H and O–H groups in total. The predicted molar refractivity (Wildman–Crippen MR) is 60.4 cm³/mol. The van der Waals surface area contributed by atoms with Crippen molar-refractivity contribution >= 4 is 17.3 Å². The number of rotatable bonds is 6. The molecule has 0 aromatic carbocycles. The van der Waals surface area contributed by atoms with Crippen molar-refractivity contribution in [3.63, 3.8) is 0 Å². The van der Waals surface area contributed by atoms with Crippen LogP contribution in [0.5, 0.6) is 0 Å². The minimum atomic E-state index is 0.101. The Balaban J connectivity index is 2.69. The summed E-state index contributed by atoms with van der Waals surface area (Å²) in [6, 6.07) is 3.63. The zero-order valence-electron chi connectivity index (χ0n) is 8.69. The van der Waals surface area contributed by atoms with E-state index in [1.165, 1.54) is 0 Å². The van der Waals surface area contributed by atoms with E-state index in [2.05, 4.69) is 4.98 Å². The van der Waals surface area contributed by atoms with Gasteiger partial charge < -0.3 is 14.7 Å². The summed E-state index contributed by atoms with van der Waals surface area (Å²) in [7, 11) is 1.65. The molecule has 0 spiro atoms. The summed E-state index contributed by atoms with van der Waals surface area (Å²) in [4.78, 5) is 5.90. The van der Waals surface area contributed by atoms with Gasteiger partial charge in [0.05, 0.1) is 13.2 Å². The van der Waals surface area contributed by atoms with Crippen LogP contribution >= 0.6 is 11.6 Å². The SMILES string of the molecule is COCCN(CCO)c1ccnc(Cl)c1. The van der Waals surface area contributed by atoms with E-state index in [0.717, 1.165) is 12.2 Å². The summed E-state index contributed by atoms with van der Waals surface area (Å²) in [6.07, 6.45) is 1.65. The van der Waals surface area contributed by atoms with Gasteiger partial charge in [0.25, 0.3) is 0 Å². The Morgan fingerprint density at radius 1 is 1.53 bits per heavy atom. The highest BCUT2D eigenvalue weighted by Crippen LogP contribution is 2.16. The van der Waals surface area contributed by atoms with E-state index in [9.17, 15) is 0 Å². The lowest BCUT2D eigenvalue weighted by Crippen LogP contribution is -2.30. The Kier molecular flexibility index (Phi) is 5.39. The van der Waals surface area contributed by atoms with Crippen molar-refractivity contribution in [3.05, 3.63) is 23.5 Å². The number of methoxy groups -OCH3 is 1. The zero-order chi connectivity index (χ0) is 11.1. The molecule has 84 valence electrons. The lowest BCUT2D eigenvalue weighted by molar-refractivity contribution is 0.203. The van der Waals surface area contributed by atoms with E-state index in [0.29, 0.717) is 18.3 Å². The van der Waals surface area contributed by atoms with E-state index in [-0.39, 0.29) is 6.61 Å². The maximum Gasteiger partial charge on any atom is 0.131 e. The van der Waals surface area contributed by atoms with Crippen molar-refractivity contribution in [2.75, 3.05) is 38.3 Å². The number of hydrogen-bond donors (Lipinski definition) is 1. The molecule has 0 aliphatic rings. The highest BCUT2D eigenvalue weighted by molar-refractivity contribution is 6.29. The van der Waals surface area contributed by atoms with E-state index < -0.39 is 0 Å². The Labute approximate surface area is 94.4 Å². The number of anilines is 1. The molecule has 0 amide bonds. The molecule has 15 heavy (non-hydrogen) atoms. The van der Waals surface area contributed by atoms with Crippen molar-refractivity contribution < 1.29 is 9.84 Å². The van der Waals surface area contributed by atoms with Gasteiger partial charge in [0.2, 0.25) is 0 Å². The molecule has 0 aliphatic carbocycles. The molecule has 0 saturated heterocycles. The number of aromatic nitrogens is 1. The molecule has 0 bridgehead atoms. The van der Waals surface area contributed by atoms with E-state index in [1.807, 2.05) is 11.0 Å². The van der Waals surface area contributed by atoms with Crippen LogP contribution in [0.25, 0.3) is 0 Å². The standard InChI is InChI=1S/C10H15ClN2O2/c1-15-7-5-13(4-6-14)9-2-3-12-10(11)8-9/h2-3,8,14H,4-7H2,1H3. The van der Waals surface area contributed by atoms with Gasteiger partial charge in [-0.25, -0.2) is 4.98 Å². The van der Waals surface area contributed by atoms with E-state index >= 15 is 0 Å². The van der Waals surface area contributed by atoms with E-state index in [1.54, 1.807) is 19.4 Å². The predicted octanol–water partition coefficient (Wildman–Crippen LogP) is 1.18. The van der Waals surface area contributed by atoms with Crippen LogP contribution in [0.4, 0.5) is 5.69 Å². The molecule has 0 fully saturated rings. The lowest BCUT2D eigenvalue weighted by Gasteiger charge is -2.23. The Morgan fingerprint density at radius 2 is 2.33 bits per heavy atom. The monoisotopic (exact) mass is 230 g/mol. The van der Waals surface area contributed by atoms with Gasteiger partial charge in [-0.2, -0.15) is 0 Å². The Morgan fingerprint density at radius 3 is 2.93 bits per heavy atom. The molecule has 0 atom stereocenters. The summed E-state index contributed by atoms with van der Waals surface area (Å²) in [5.41, 5.74) is 0.945. The molecular weight excluding hydrogens is 216 g/mol. The highest BCUT2D eigenvalue weighted by atomic mass is 35.5. The minimum Gasteiger partial charge on any atom is -0.395 e. The normalized spacial score (nSPS) is 10.3. The third-order valence-corrected chi connectivity index (χ3v) is 2.22. The topological polar surface area (TPSA) is 45.6 Å². The third kappa shape index (κ3) is 4.03. The minimum absolute atomic E-state index is 0.101. The number of ether oxygens (including phenoxy) is 1. The molecule has 0 saturated carbocycles. The summed E-state index contributed by atoms with van der Waals surface area (Å²) in [6.45, 7) is 1.99. The third-order valence-electron chi connectivity index (χ3n) is 2.01. The lowest BCUT2D eigenvalue weighted by atomic mass is 10.3. The molecule has 0 aliphatic heterocycles. The first-order valence-electron chi connectivity index (χ1n) is 4.74. The average Bonchev–Trinajstić information content (AvgIpc) is 2.24. The van der Waals surface area contributed by atoms with Crippen molar-refractivity contribution in [1.29, 1.82) is 0 Å². The Bertz CT molecular complexity index is 297. The first-order valence-corrected chi connectivity index (χ1v) is 5.12. The summed E-state index contributed by atoms with van der Waals surface area (Å²) < 4.78 is 5.00. The van der Waals surface area contributed by atoms with Crippen LogP contribution in [0.15, 0.2) is 18.3 Å². The van der Waals surface area contributed by atoms with Gasteiger partial charge in [-0.05, 0) is 12.1 Å². The van der Waals surface area contributed by atoms with Crippen molar-refractivity contribution in [2.24, 2.45) is 0 Å². The van der Waals surface area contributed by atoms with Crippen LogP contribution in [0.1, 0.15) is 0 Å². The maximum atomic E-state index is 8.94.